The number of hydrogen-bond donors (Lipinski definition) is 2. The van der Waals surface area contributed by atoms with Crippen LogP contribution in [0.2, 0.25) is 0 Å². The van der Waals surface area contributed by atoms with Crippen molar-refractivity contribution in [2.24, 2.45) is 10.4 Å². The van der Waals surface area contributed by atoms with Crippen LogP contribution in [0.25, 0.3) is 0 Å². The van der Waals surface area contributed by atoms with Crippen LogP contribution >= 0.6 is 24.0 Å². The Hall–Kier alpha value is -0.800. The standard InChI is InChI=1S/C22H38N4O2.HI/c1-3-23-21(25-18-22(12-16-27-2)10-4-5-11-22)24-17-19(20-9-8-15-28-20)26-13-6-7-14-26;/h8-9,15,19H,3-7,10-14,16-18H2,1-2H3,(H2,23,24,25);1H. The van der Waals surface area contributed by atoms with Gasteiger partial charge in [0.25, 0.3) is 0 Å². The highest BCUT2D eigenvalue weighted by Crippen LogP contribution is 2.41. The van der Waals surface area contributed by atoms with Crippen molar-refractivity contribution < 1.29 is 9.15 Å². The Labute approximate surface area is 193 Å². The molecule has 29 heavy (non-hydrogen) atoms. The molecular formula is C22H39IN4O2. The highest BCUT2D eigenvalue weighted by atomic mass is 127. The van der Waals surface area contributed by atoms with Gasteiger partial charge in [0.05, 0.1) is 12.3 Å². The molecule has 0 amide bonds. The number of methoxy groups -OCH3 is 1. The van der Waals surface area contributed by atoms with Gasteiger partial charge in [-0.3, -0.25) is 9.89 Å². The number of ether oxygens (including phenoxy) is 1. The van der Waals surface area contributed by atoms with E-state index in [0.29, 0.717) is 5.41 Å². The summed E-state index contributed by atoms with van der Waals surface area (Å²) < 4.78 is 11.1. The van der Waals surface area contributed by atoms with Gasteiger partial charge in [0, 0.05) is 33.4 Å². The van der Waals surface area contributed by atoms with E-state index in [-0.39, 0.29) is 30.0 Å². The van der Waals surface area contributed by atoms with Crippen molar-refractivity contribution in [2.45, 2.75) is 57.9 Å². The topological polar surface area (TPSA) is 62.0 Å². The third-order valence-electron chi connectivity index (χ3n) is 6.33. The number of halogens is 1. The van der Waals surface area contributed by atoms with E-state index in [1.165, 1.54) is 38.5 Å². The van der Waals surface area contributed by atoms with E-state index in [4.69, 9.17) is 14.1 Å². The molecule has 1 aromatic heterocycles. The molecule has 7 heteroatoms. The van der Waals surface area contributed by atoms with Gasteiger partial charge in [-0.15, -0.1) is 24.0 Å². The lowest BCUT2D eigenvalue weighted by Crippen LogP contribution is -2.43. The van der Waals surface area contributed by atoms with Crippen LogP contribution in [0.15, 0.2) is 27.8 Å². The summed E-state index contributed by atoms with van der Waals surface area (Å²) in [6.07, 6.45) is 10.6. The molecule has 2 heterocycles. The minimum Gasteiger partial charge on any atom is -0.468 e. The smallest absolute Gasteiger partial charge is 0.191 e. The highest BCUT2D eigenvalue weighted by Gasteiger charge is 2.33. The minimum absolute atomic E-state index is 0. The highest BCUT2D eigenvalue weighted by molar-refractivity contribution is 14.0. The Morgan fingerprint density at radius 1 is 1.24 bits per heavy atom. The molecular weight excluding hydrogens is 479 g/mol. The maximum atomic E-state index is 5.75. The first-order valence-corrected chi connectivity index (χ1v) is 11.0. The minimum atomic E-state index is 0. The number of likely N-dealkylation sites (tertiary alicyclic amines) is 1. The molecule has 1 aliphatic heterocycles. The number of hydrogen-bond acceptors (Lipinski definition) is 4. The lowest BCUT2D eigenvalue weighted by Gasteiger charge is -2.28. The second kappa shape index (κ2) is 12.8. The summed E-state index contributed by atoms with van der Waals surface area (Å²) in [5.41, 5.74) is 0.313. The normalized spacial score (nSPS) is 20.4. The number of nitrogens with zero attached hydrogens (tertiary/aromatic N) is 2. The van der Waals surface area contributed by atoms with Crippen molar-refractivity contribution in [3.8, 4) is 0 Å². The van der Waals surface area contributed by atoms with E-state index >= 15 is 0 Å². The summed E-state index contributed by atoms with van der Waals surface area (Å²) in [4.78, 5) is 7.51. The molecule has 1 saturated carbocycles. The summed E-state index contributed by atoms with van der Waals surface area (Å²) in [5.74, 6) is 1.96. The zero-order valence-electron chi connectivity index (χ0n) is 18.1. The van der Waals surface area contributed by atoms with E-state index in [9.17, 15) is 0 Å². The van der Waals surface area contributed by atoms with Gasteiger partial charge in [0.15, 0.2) is 5.96 Å². The third kappa shape index (κ3) is 7.14. The molecule has 6 nitrogen and oxygen atoms in total. The Balaban J connectivity index is 0.00000300. The SMILES string of the molecule is CCNC(=NCC1(CCOC)CCCC1)NCC(c1ccco1)N1CCCC1.I. The molecule has 2 N–H and O–H groups in total. The molecule has 1 saturated heterocycles. The average molecular weight is 518 g/mol. The molecule has 2 aliphatic rings. The summed E-state index contributed by atoms with van der Waals surface area (Å²) in [5, 5.41) is 7.02. The fraction of sp³-hybridized carbons (Fsp3) is 0.773. The van der Waals surface area contributed by atoms with Gasteiger partial charge in [0.1, 0.15) is 5.76 Å². The number of aliphatic imine (C=N–C) groups is 1. The first kappa shape index (κ1) is 24.5. The van der Waals surface area contributed by atoms with Crippen LogP contribution in [0.5, 0.6) is 0 Å². The van der Waals surface area contributed by atoms with Crippen molar-refractivity contribution in [3.63, 3.8) is 0 Å². The van der Waals surface area contributed by atoms with Crippen LogP contribution in [0.4, 0.5) is 0 Å². The van der Waals surface area contributed by atoms with Crippen molar-refractivity contribution in [1.29, 1.82) is 0 Å². The van der Waals surface area contributed by atoms with E-state index in [1.807, 2.05) is 6.07 Å². The van der Waals surface area contributed by atoms with E-state index in [0.717, 1.165) is 57.5 Å². The lowest BCUT2D eigenvalue weighted by atomic mass is 9.83. The van der Waals surface area contributed by atoms with Gasteiger partial charge in [-0.05, 0) is 69.7 Å². The summed E-state index contributed by atoms with van der Waals surface area (Å²) in [6, 6.07) is 4.33. The van der Waals surface area contributed by atoms with Crippen LogP contribution < -0.4 is 10.6 Å². The van der Waals surface area contributed by atoms with Crippen LogP contribution in [-0.2, 0) is 4.74 Å². The van der Waals surface area contributed by atoms with E-state index in [1.54, 1.807) is 13.4 Å². The largest absolute Gasteiger partial charge is 0.468 e. The van der Waals surface area contributed by atoms with Crippen molar-refractivity contribution in [1.82, 2.24) is 15.5 Å². The fourth-order valence-corrected chi connectivity index (χ4v) is 4.66. The van der Waals surface area contributed by atoms with Crippen LogP contribution in [0, 0.1) is 5.41 Å². The molecule has 1 unspecified atom stereocenters. The first-order valence-electron chi connectivity index (χ1n) is 11.0. The zero-order chi connectivity index (χ0) is 19.7. The maximum Gasteiger partial charge on any atom is 0.191 e. The maximum absolute atomic E-state index is 5.75. The fourth-order valence-electron chi connectivity index (χ4n) is 4.66. The average Bonchev–Trinajstić information content (AvgIpc) is 3.48. The van der Waals surface area contributed by atoms with Gasteiger partial charge in [-0.2, -0.15) is 0 Å². The Bertz CT molecular complexity index is 582. The van der Waals surface area contributed by atoms with Gasteiger partial charge in [0.2, 0.25) is 0 Å². The molecule has 1 aliphatic carbocycles. The molecule has 0 radical (unpaired) electrons. The van der Waals surface area contributed by atoms with Gasteiger partial charge in [-0.25, -0.2) is 0 Å². The lowest BCUT2D eigenvalue weighted by molar-refractivity contribution is 0.141. The van der Waals surface area contributed by atoms with E-state index in [2.05, 4.69) is 28.5 Å². The second-order valence-electron chi connectivity index (χ2n) is 8.30. The van der Waals surface area contributed by atoms with Crippen molar-refractivity contribution in [2.75, 3.05) is 46.4 Å². The summed E-state index contributed by atoms with van der Waals surface area (Å²) >= 11 is 0. The van der Waals surface area contributed by atoms with Crippen molar-refractivity contribution in [3.05, 3.63) is 24.2 Å². The van der Waals surface area contributed by atoms with Crippen LogP contribution in [0.3, 0.4) is 0 Å². The molecule has 3 rings (SSSR count). The Morgan fingerprint density at radius 2 is 2.00 bits per heavy atom. The van der Waals surface area contributed by atoms with E-state index < -0.39 is 0 Å². The Morgan fingerprint density at radius 3 is 2.62 bits per heavy atom. The number of nitrogens with one attached hydrogen (secondary N) is 2. The number of furan rings is 1. The molecule has 2 fully saturated rings. The van der Waals surface area contributed by atoms with Crippen LogP contribution in [-0.4, -0.2) is 57.3 Å². The second-order valence-corrected chi connectivity index (χ2v) is 8.30. The van der Waals surface area contributed by atoms with Gasteiger partial charge >= 0.3 is 0 Å². The molecule has 0 spiro atoms. The monoisotopic (exact) mass is 518 g/mol. The number of guanidine groups is 1. The van der Waals surface area contributed by atoms with Crippen LogP contribution in [0.1, 0.15) is 63.7 Å². The number of rotatable bonds is 10. The van der Waals surface area contributed by atoms with Gasteiger partial charge in [-0.1, -0.05) is 12.8 Å². The molecule has 1 atom stereocenters. The quantitative estimate of drug-likeness (QED) is 0.277. The molecule has 0 bridgehead atoms. The predicted octanol–water partition coefficient (Wildman–Crippen LogP) is 4.19. The summed E-state index contributed by atoms with van der Waals surface area (Å²) in [6.45, 7) is 7.78. The molecule has 1 aromatic rings. The molecule has 0 aromatic carbocycles. The third-order valence-corrected chi connectivity index (χ3v) is 6.33. The molecule has 166 valence electrons. The predicted molar refractivity (Wildman–Crippen MR) is 129 cm³/mol. The summed E-state index contributed by atoms with van der Waals surface area (Å²) in [7, 11) is 1.80. The zero-order valence-corrected chi connectivity index (χ0v) is 20.5. The Kier molecular flexibility index (Phi) is 10.8. The first-order chi connectivity index (χ1) is 13.8. The van der Waals surface area contributed by atoms with Crippen molar-refractivity contribution >= 4 is 29.9 Å². The van der Waals surface area contributed by atoms with Gasteiger partial charge < -0.3 is 19.8 Å².